The van der Waals surface area contributed by atoms with Gasteiger partial charge in [-0.2, -0.15) is 0 Å². The van der Waals surface area contributed by atoms with Gasteiger partial charge in [0, 0.05) is 12.1 Å². The number of nitrogens with zero attached hydrogens (tertiary/aromatic N) is 2. The highest BCUT2D eigenvalue weighted by Crippen LogP contribution is 2.30. The summed E-state index contributed by atoms with van der Waals surface area (Å²) in [6, 6.07) is 3.25. The van der Waals surface area contributed by atoms with Gasteiger partial charge >= 0.3 is 5.97 Å². The van der Waals surface area contributed by atoms with Crippen molar-refractivity contribution in [3.8, 4) is 5.75 Å². The number of thioether (sulfide) groups is 1. The number of ether oxygens (including phenoxy) is 1. The first-order valence-electron chi connectivity index (χ1n) is 8.81. The van der Waals surface area contributed by atoms with Crippen molar-refractivity contribution in [1.29, 1.82) is 0 Å². The van der Waals surface area contributed by atoms with Crippen LogP contribution in [0.2, 0.25) is 0 Å². The number of non-ortho nitro benzene ring substituents is 1. The molecule has 0 atom stereocenters. The predicted octanol–water partition coefficient (Wildman–Crippen LogP) is 2.81. The van der Waals surface area contributed by atoms with Crippen LogP contribution in [0.3, 0.4) is 0 Å². The maximum atomic E-state index is 12.4. The Morgan fingerprint density at radius 2 is 2.16 bits per heavy atom. The maximum Gasteiger partial charge on any atom is 0.348 e. The molecule has 31 heavy (non-hydrogen) atoms. The Morgan fingerprint density at radius 1 is 1.42 bits per heavy atom. The van der Waals surface area contributed by atoms with Gasteiger partial charge in [-0.1, -0.05) is 11.8 Å². The molecule has 0 aliphatic carbocycles. The number of phenolic OH excluding ortho intramolecular Hbond substituents is 1. The number of rotatable bonds is 7. The number of nitro benzene ring substituents is 1. The minimum atomic E-state index is -0.651. The number of hydrogen-bond acceptors (Lipinski definition) is 10. The Hall–Kier alpha value is -3.45. The molecule has 162 valence electrons. The summed E-state index contributed by atoms with van der Waals surface area (Å²) < 4.78 is 4.99. The number of phenols is 1. The number of aromatic amines is 1. The van der Waals surface area contributed by atoms with E-state index < -0.39 is 22.4 Å². The van der Waals surface area contributed by atoms with Crippen molar-refractivity contribution >= 4 is 56.6 Å². The van der Waals surface area contributed by atoms with Crippen molar-refractivity contribution in [2.45, 2.75) is 19.0 Å². The second kappa shape index (κ2) is 9.14. The van der Waals surface area contributed by atoms with Gasteiger partial charge in [0.05, 0.1) is 28.4 Å². The number of carbonyl (C=O) groups is 2. The van der Waals surface area contributed by atoms with Crippen LogP contribution in [0.5, 0.6) is 5.75 Å². The van der Waals surface area contributed by atoms with Gasteiger partial charge in [-0.05, 0) is 25.5 Å². The van der Waals surface area contributed by atoms with Crippen molar-refractivity contribution in [2.75, 3.05) is 17.7 Å². The molecule has 1 amide bonds. The molecular formula is C18H16N4O7S2. The number of carbonyl (C=O) groups excluding carboxylic acids is 2. The van der Waals surface area contributed by atoms with Gasteiger partial charge < -0.3 is 20.1 Å². The standard InChI is InChI=1S/C18H16N4O7S2/c1-3-29-17(26)14-8(2)13-15(25)20-18(21-16(13)31-14)30-7-12(24)19-10-6-9(22(27)28)4-5-11(10)23/h4-6,23H,3,7H2,1-2H3,(H,19,24)(H,20,21,25). The van der Waals surface area contributed by atoms with Gasteiger partial charge in [0.1, 0.15) is 15.5 Å². The average Bonchev–Trinajstić information content (AvgIpc) is 3.05. The maximum absolute atomic E-state index is 12.4. The Kier molecular flexibility index (Phi) is 6.56. The molecular weight excluding hydrogens is 448 g/mol. The van der Waals surface area contributed by atoms with Crippen molar-refractivity contribution in [1.82, 2.24) is 9.97 Å². The van der Waals surface area contributed by atoms with E-state index in [1.807, 2.05) is 0 Å². The van der Waals surface area contributed by atoms with Crippen LogP contribution in [-0.4, -0.2) is 44.2 Å². The number of amides is 1. The number of aromatic hydroxyl groups is 1. The van der Waals surface area contributed by atoms with Crippen molar-refractivity contribution in [3.05, 3.63) is 49.1 Å². The number of aromatic nitrogens is 2. The quantitative estimate of drug-likeness (QED) is 0.119. The molecule has 2 aromatic heterocycles. The summed E-state index contributed by atoms with van der Waals surface area (Å²) >= 11 is 1.95. The van der Waals surface area contributed by atoms with E-state index in [2.05, 4.69) is 15.3 Å². The van der Waals surface area contributed by atoms with E-state index >= 15 is 0 Å². The zero-order valence-corrected chi connectivity index (χ0v) is 17.9. The third-order valence-electron chi connectivity index (χ3n) is 4.04. The summed E-state index contributed by atoms with van der Waals surface area (Å²) in [6.45, 7) is 3.51. The fraction of sp³-hybridized carbons (Fsp3) is 0.222. The molecule has 0 aliphatic heterocycles. The van der Waals surface area contributed by atoms with Crippen LogP contribution >= 0.6 is 23.1 Å². The fourth-order valence-corrected chi connectivity index (χ4v) is 4.44. The lowest BCUT2D eigenvalue weighted by Gasteiger charge is -2.07. The Bertz CT molecular complexity index is 1250. The van der Waals surface area contributed by atoms with Crippen LogP contribution < -0.4 is 10.9 Å². The first-order chi connectivity index (χ1) is 14.7. The molecule has 0 radical (unpaired) electrons. The van der Waals surface area contributed by atoms with E-state index in [0.717, 1.165) is 41.3 Å². The van der Waals surface area contributed by atoms with Crippen LogP contribution in [0.4, 0.5) is 11.4 Å². The summed E-state index contributed by atoms with van der Waals surface area (Å²) in [5.74, 6) is -1.62. The highest BCUT2D eigenvalue weighted by Gasteiger charge is 2.20. The zero-order chi connectivity index (χ0) is 22.7. The lowest BCUT2D eigenvalue weighted by Crippen LogP contribution is -2.15. The first-order valence-corrected chi connectivity index (χ1v) is 10.6. The van der Waals surface area contributed by atoms with E-state index in [1.54, 1.807) is 13.8 Å². The number of aryl methyl sites for hydroxylation is 1. The number of anilines is 1. The van der Waals surface area contributed by atoms with E-state index in [0.29, 0.717) is 10.4 Å². The number of fused-ring (bicyclic) bond motifs is 1. The molecule has 0 fully saturated rings. The number of benzene rings is 1. The summed E-state index contributed by atoms with van der Waals surface area (Å²) in [6.07, 6.45) is 0. The van der Waals surface area contributed by atoms with Gasteiger partial charge in [-0.25, -0.2) is 9.78 Å². The van der Waals surface area contributed by atoms with Crippen LogP contribution in [-0.2, 0) is 9.53 Å². The minimum Gasteiger partial charge on any atom is -0.506 e. The Balaban J connectivity index is 1.76. The molecule has 0 saturated carbocycles. The van der Waals surface area contributed by atoms with Crippen molar-refractivity contribution in [2.24, 2.45) is 0 Å². The molecule has 1 aromatic carbocycles. The number of H-pyrrole nitrogens is 1. The second-order valence-electron chi connectivity index (χ2n) is 6.12. The first kappa shape index (κ1) is 22.2. The third kappa shape index (κ3) is 4.83. The normalized spacial score (nSPS) is 10.8. The molecule has 0 bridgehead atoms. The number of nitro groups is 1. The Morgan fingerprint density at radius 3 is 2.84 bits per heavy atom. The van der Waals surface area contributed by atoms with Crippen LogP contribution in [0.1, 0.15) is 22.2 Å². The molecule has 3 aromatic rings. The Labute approximate surface area is 182 Å². The SMILES string of the molecule is CCOC(=O)c1sc2nc(SCC(=O)Nc3cc([N+](=O)[O-])ccc3O)[nH]c(=O)c2c1C. The molecule has 13 heteroatoms. The van der Waals surface area contributed by atoms with E-state index in [4.69, 9.17) is 4.74 Å². The second-order valence-corrected chi connectivity index (χ2v) is 8.09. The van der Waals surface area contributed by atoms with Crippen molar-refractivity contribution in [3.63, 3.8) is 0 Å². The van der Waals surface area contributed by atoms with E-state index in [1.165, 1.54) is 0 Å². The lowest BCUT2D eigenvalue weighted by molar-refractivity contribution is -0.384. The van der Waals surface area contributed by atoms with Gasteiger partial charge in [0.25, 0.3) is 11.2 Å². The number of nitrogens with one attached hydrogen (secondary N) is 2. The van der Waals surface area contributed by atoms with Crippen LogP contribution in [0.25, 0.3) is 10.2 Å². The van der Waals surface area contributed by atoms with Gasteiger partial charge in [-0.15, -0.1) is 11.3 Å². The molecule has 0 saturated heterocycles. The lowest BCUT2D eigenvalue weighted by atomic mass is 10.2. The molecule has 11 nitrogen and oxygen atoms in total. The molecule has 3 N–H and O–H groups in total. The summed E-state index contributed by atoms with van der Waals surface area (Å²) in [7, 11) is 0. The van der Waals surface area contributed by atoms with Crippen molar-refractivity contribution < 1.29 is 24.4 Å². The zero-order valence-electron chi connectivity index (χ0n) is 16.3. The fourth-order valence-electron chi connectivity index (χ4n) is 2.64. The van der Waals surface area contributed by atoms with Gasteiger partial charge in [-0.3, -0.25) is 19.7 Å². The van der Waals surface area contributed by atoms with Crippen LogP contribution in [0, 0.1) is 17.0 Å². The minimum absolute atomic E-state index is 0.107. The number of esters is 1. The number of thiophene rings is 1. The highest BCUT2D eigenvalue weighted by molar-refractivity contribution is 7.99. The predicted molar refractivity (Wildman–Crippen MR) is 115 cm³/mol. The molecule has 0 aliphatic rings. The average molecular weight is 464 g/mol. The van der Waals surface area contributed by atoms with E-state index in [9.17, 15) is 29.6 Å². The largest absolute Gasteiger partial charge is 0.506 e. The third-order valence-corrected chi connectivity index (χ3v) is 6.08. The summed E-state index contributed by atoms with van der Waals surface area (Å²) in [5, 5.41) is 23.4. The topological polar surface area (TPSA) is 165 Å². The van der Waals surface area contributed by atoms with Gasteiger partial charge in [0.2, 0.25) is 5.91 Å². The highest BCUT2D eigenvalue weighted by atomic mass is 32.2. The molecule has 2 heterocycles. The van der Waals surface area contributed by atoms with Gasteiger partial charge in [0.15, 0.2) is 5.16 Å². The monoisotopic (exact) mass is 464 g/mol. The summed E-state index contributed by atoms with van der Waals surface area (Å²) in [4.78, 5) is 54.4. The molecule has 0 spiro atoms. The smallest absolute Gasteiger partial charge is 0.348 e. The summed E-state index contributed by atoms with van der Waals surface area (Å²) in [5.41, 5.74) is -0.372. The molecule has 0 unspecified atom stereocenters. The molecule has 3 rings (SSSR count). The number of hydrogen-bond donors (Lipinski definition) is 3. The van der Waals surface area contributed by atoms with Crippen LogP contribution in [0.15, 0.2) is 28.2 Å². The van der Waals surface area contributed by atoms with E-state index in [-0.39, 0.29) is 44.9 Å².